The van der Waals surface area contributed by atoms with Crippen LogP contribution in [0.4, 0.5) is 0 Å². The molecule has 20 nitrogen and oxygen atoms in total. The highest BCUT2D eigenvalue weighted by Gasteiger charge is 2.37. The summed E-state index contributed by atoms with van der Waals surface area (Å²) in [5.74, 6) is -10.0. The summed E-state index contributed by atoms with van der Waals surface area (Å²) in [5, 5.41) is 38.1. The van der Waals surface area contributed by atoms with E-state index in [-0.39, 0.29) is 62.2 Å². The Morgan fingerprint density at radius 1 is 0.473 bits per heavy atom. The van der Waals surface area contributed by atoms with Crippen molar-refractivity contribution < 1.29 is 62.9 Å². The Kier molecular flexibility index (Phi) is 31.6. The molecule has 9 N–H and O–H groups in total. The third kappa shape index (κ3) is 27.8. The second-order valence-corrected chi connectivity index (χ2v) is 22.6. The van der Waals surface area contributed by atoms with Crippen molar-refractivity contribution >= 4 is 59.3 Å². The van der Waals surface area contributed by atoms with Crippen molar-refractivity contribution in [2.45, 2.75) is 247 Å². The molecule has 0 aliphatic carbocycles. The number of cyclic esters (lactones) is 1. The van der Waals surface area contributed by atoms with Crippen LogP contribution in [-0.2, 0) is 52.7 Å². The molecule has 9 atom stereocenters. The monoisotopic (exact) mass is 1050 g/mol. The van der Waals surface area contributed by atoms with E-state index in [4.69, 9.17) is 4.74 Å². The van der Waals surface area contributed by atoms with Crippen LogP contribution < -0.4 is 37.2 Å². The van der Waals surface area contributed by atoms with Crippen LogP contribution in [0.15, 0.2) is 0 Å². The lowest BCUT2D eigenvalue weighted by Gasteiger charge is -2.29. The van der Waals surface area contributed by atoms with Crippen molar-refractivity contribution in [1.82, 2.24) is 37.2 Å². The van der Waals surface area contributed by atoms with Crippen LogP contribution >= 0.6 is 0 Å². The third-order valence-corrected chi connectivity index (χ3v) is 12.9. The molecule has 9 unspecified atom stereocenters. The van der Waals surface area contributed by atoms with Crippen molar-refractivity contribution in [3.05, 3.63) is 0 Å². The SMILES string of the molecule is CCC(C)C1NC(=O)C(CC(C)C)NC(=O)C(CC(=O)O)NC(=O)C(CC(C)C)NC(=O)C(CC(C)C)NC(=O)C(CC(C)C)NC(=O)C(CCC(=O)O)NC(=O)CC(CCCCCCCCCC(C)C)OC1=O. The maximum absolute atomic E-state index is 14.3. The van der Waals surface area contributed by atoms with Gasteiger partial charge in [0.1, 0.15) is 48.4 Å². The number of ether oxygens (including phenoxy) is 1. The van der Waals surface area contributed by atoms with Crippen molar-refractivity contribution in [2.24, 2.45) is 35.5 Å². The molecule has 1 aliphatic heterocycles. The minimum atomic E-state index is -1.72. The van der Waals surface area contributed by atoms with Crippen LogP contribution in [0.1, 0.15) is 199 Å². The van der Waals surface area contributed by atoms with E-state index in [0.717, 1.165) is 44.9 Å². The molecule has 1 saturated heterocycles. The normalized spacial score (nSPS) is 24.2. The highest BCUT2D eigenvalue weighted by Crippen LogP contribution is 2.20. The first-order chi connectivity index (χ1) is 34.6. The van der Waals surface area contributed by atoms with Gasteiger partial charge in [-0.1, -0.05) is 134 Å². The maximum Gasteiger partial charge on any atom is 0.329 e. The molecule has 20 heteroatoms. The molecule has 0 radical (unpaired) electrons. The summed E-state index contributed by atoms with van der Waals surface area (Å²) in [6, 6.07) is -9.63. The Hall–Kier alpha value is -5.30. The largest absolute Gasteiger partial charge is 0.481 e. The van der Waals surface area contributed by atoms with E-state index < -0.39 is 133 Å². The van der Waals surface area contributed by atoms with E-state index in [1.165, 1.54) is 0 Å². The number of carboxylic acids is 2. The van der Waals surface area contributed by atoms with Gasteiger partial charge in [-0.15, -0.1) is 0 Å². The fraction of sp³-hybridized carbons (Fsp3) is 0.815. The van der Waals surface area contributed by atoms with Crippen LogP contribution in [0, 0.1) is 35.5 Å². The molecule has 1 aliphatic rings. The number of esters is 1. The van der Waals surface area contributed by atoms with Gasteiger partial charge in [0.25, 0.3) is 0 Å². The molecule has 0 saturated carbocycles. The number of hydrogen-bond donors (Lipinski definition) is 9. The van der Waals surface area contributed by atoms with Gasteiger partial charge in [0, 0.05) is 6.42 Å². The first-order valence-electron chi connectivity index (χ1n) is 27.4. The Balaban J connectivity index is 3.99. The lowest BCUT2D eigenvalue weighted by Crippen LogP contribution is -2.60. The first kappa shape index (κ1) is 66.7. The Labute approximate surface area is 440 Å². The van der Waals surface area contributed by atoms with E-state index in [1.54, 1.807) is 55.4 Å². The lowest BCUT2D eigenvalue weighted by molar-refractivity contribution is -0.156. The van der Waals surface area contributed by atoms with Gasteiger partial charge < -0.3 is 52.2 Å². The van der Waals surface area contributed by atoms with Crippen LogP contribution in [-0.4, -0.2) is 118 Å². The van der Waals surface area contributed by atoms with Crippen molar-refractivity contribution in [2.75, 3.05) is 0 Å². The van der Waals surface area contributed by atoms with E-state index in [0.29, 0.717) is 18.8 Å². The number of rotatable bonds is 25. The van der Waals surface area contributed by atoms with Gasteiger partial charge in [-0.05, 0) is 80.5 Å². The summed E-state index contributed by atoms with van der Waals surface area (Å²) < 4.78 is 6.07. The maximum atomic E-state index is 14.3. The van der Waals surface area contributed by atoms with Crippen LogP contribution in [0.5, 0.6) is 0 Å². The zero-order chi connectivity index (χ0) is 56.2. The molecule has 1 rings (SSSR count). The molecule has 7 amide bonds. The fourth-order valence-corrected chi connectivity index (χ4v) is 8.73. The molecule has 424 valence electrons. The second kappa shape index (κ2) is 35.0. The average Bonchev–Trinajstić information content (AvgIpc) is 3.28. The van der Waals surface area contributed by atoms with E-state index in [9.17, 15) is 58.2 Å². The van der Waals surface area contributed by atoms with Gasteiger partial charge in [-0.3, -0.25) is 43.2 Å². The molecule has 1 fully saturated rings. The van der Waals surface area contributed by atoms with Gasteiger partial charge in [0.2, 0.25) is 41.4 Å². The number of nitrogens with one attached hydrogen (secondary N) is 7. The van der Waals surface area contributed by atoms with E-state index in [1.807, 2.05) is 13.8 Å². The van der Waals surface area contributed by atoms with Gasteiger partial charge in [-0.2, -0.15) is 0 Å². The number of amides is 7. The minimum absolute atomic E-state index is 0.0296. The minimum Gasteiger partial charge on any atom is -0.481 e. The molecular formula is C54H95N7O13. The number of carboxylic acid groups (broad SMARTS) is 2. The third-order valence-electron chi connectivity index (χ3n) is 12.9. The van der Waals surface area contributed by atoms with Gasteiger partial charge in [0.15, 0.2) is 0 Å². The average molecular weight is 1050 g/mol. The molecule has 0 aromatic heterocycles. The zero-order valence-corrected chi connectivity index (χ0v) is 46.7. The van der Waals surface area contributed by atoms with Crippen LogP contribution in [0.2, 0.25) is 0 Å². The topological polar surface area (TPSA) is 305 Å². The number of aliphatic carboxylic acids is 2. The summed E-state index contributed by atoms with van der Waals surface area (Å²) >= 11 is 0. The quantitative estimate of drug-likeness (QED) is 0.0408. The Bertz CT molecular complexity index is 1820. The summed E-state index contributed by atoms with van der Waals surface area (Å²) in [6.07, 6.45) is 5.35. The number of carbonyl (C=O) groups excluding carboxylic acids is 8. The zero-order valence-electron chi connectivity index (χ0n) is 46.7. The molecule has 74 heavy (non-hydrogen) atoms. The summed E-state index contributed by atoms with van der Waals surface area (Å²) in [4.78, 5) is 137. The van der Waals surface area contributed by atoms with Gasteiger partial charge in [0.05, 0.1) is 12.8 Å². The number of carbonyl (C=O) groups is 10. The van der Waals surface area contributed by atoms with E-state index >= 15 is 0 Å². The molecule has 1 heterocycles. The summed E-state index contributed by atoms with van der Waals surface area (Å²) in [5.41, 5.74) is 0. The van der Waals surface area contributed by atoms with Crippen LogP contribution in [0.3, 0.4) is 0 Å². The first-order valence-corrected chi connectivity index (χ1v) is 27.4. The van der Waals surface area contributed by atoms with Crippen molar-refractivity contribution in [3.8, 4) is 0 Å². The van der Waals surface area contributed by atoms with Crippen LogP contribution in [0.25, 0.3) is 0 Å². The van der Waals surface area contributed by atoms with Crippen molar-refractivity contribution in [3.63, 3.8) is 0 Å². The lowest BCUT2D eigenvalue weighted by atomic mass is 9.97. The standard InChI is InChI=1S/C54H95N7O13/c1-13-36(12)47-54(73)74-37(22-20-18-16-14-15-17-19-21-31(2)3)29-44(62)55-38(23-24-45(63)64)48(67)56-39(25-32(4)5)49(68)57-40(26-33(6)7)50(69)58-41(27-34(8)9)51(70)60-43(30-46(65)66)52(71)59-42(28-35(10)11)53(72)61-47/h31-43,47H,13-30H2,1-12H3,(H,55,62)(H,56,67)(H,57,68)(H,58,69)(H,59,71)(H,60,70)(H,61,72)(H,63,64)(H,65,66). The Morgan fingerprint density at radius 2 is 0.851 bits per heavy atom. The predicted octanol–water partition coefficient (Wildman–Crippen LogP) is 5.43. The summed E-state index contributed by atoms with van der Waals surface area (Å²) in [6.45, 7) is 22.3. The van der Waals surface area contributed by atoms with Gasteiger partial charge in [-0.25, -0.2) is 4.79 Å². The molecule has 0 spiro atoms. The van der Waals surface area contributed by atoms with E-state index in [2.05, 4.69) is 51.1 Å². The number of hydrogen-bond acceptors (Lipinski definition) is 11. The smallest absolute Gasteiger partial charge is 0.329 e. The summed E-state index contributed by atoms with van der Waals surface area (Å²) in [7, 11) is 0. The molecule has 0 aromatic rings. The Morgan fingerprint density at radius 3 is 1.24 bits per heavy atom. The number of unbranched alkanes of at least 4 members (excludes halogenated alkanes) is 6. The fourth-order valence-electron chi connectivity index (χ4n) is 8.73. The van der Waals surface area contributed by atoms with Gasteiger partial charge >= 0.3 is 17.9 Å². The molecule has 0 bridgehead atoms. The predicted molar refractivity (Wildman–Crippen MR) is 281 cm³/mol. The second-order valence-electron chi connectivity index (χ2n) is 22.6. The molecule has 0 aromatic carbocycles. The highest BCUT2D eigenvalue weighted by molar-refractivity contribution is 5.98. The highest BCUT2D eigenvalue weighted by atomic mass is 16.5. The molecular weight excluding hydrogens is 955 g/mol. The van der Waals surface area contributed by atoms with Crippen molar-refractivity contribution in [1.29, 1.82) is 0 Å².